The molecule has 0 bridgehead atoms. The molecule has 0 aliphatic rings. The third kappa shape index (κ3) is 3.92. The van der Waals surface area contributed by atoms with Crippen molar-refractivity contribution in [2.45, 2.75) is 19.9 Å². The van der Waals surface area contributed by atoms with Gasteiger partial charge in [0.2, 0.25) is 5.91 Å². The topological polar surface area (TPSA) is 46.3 Å². The van der Waals surface area contributed by atoms with Crippen molar-refractivity contribution in [1.82, 2.24) is 9.88 Å². The molecule has 0 fully saturated rings. The van der Waals surface area contributed by atoms with Crippen molar-refractivity contribution in [1.29, 1.82) is 0 Å². The molecule has 1 amide bonds. The third-order valence-electron chi connectivity index (χ3n) is 3.66. The molecule has 0 unspecified atom stereocenters. The van der Waals surface area contributed by atoms with Crippen LogP contribution in [0, 0.1) is 6.92 Å². The molecule has 0 saturated heterocycles. The number of fused-ring (bicyclic) bond motifs is 1. The molecule has 3 aromatic rings. The van der Waals surface area contributed by atoms with E-state index < -0.39 is 0 Å². The molecule has 6 heteroatoms. The SMILES string of the molecule is Cc1ccc(CCN(Cc2ccc3scnc3c2)C(=O)CCl)o1. The Hall–Kier alpha value is -1.85. The number of aromatic nitrogens is 1. The van der Waals surface area contributed by atoms with Gasteiger partial charge in [-0.05, 0) is 36.8 Å². The Morgan fingerprint density at radius 2 is 2.22 bits per heavy atom. The smallest absolute Gasteiger partial charge is 0.237 e. The molecular formula is C17H17ClN2O2S. The van der Waals surface area contributed by atoms with Crippen molar-refractivity contribution in [3.63, 3.8) is 0 Å². The highest BCUT2D eigenvalue weighted by Gasteiger charge is 2.14. The van der Waals surface area contributed by atoms with Crippen LogP contribution >= 0.6 is 22.9 Å². The largest absolute Gasteiger partial charge is 0.466 e. The Kier molecular flexibility index (Phi) is 4.98. The van der Waals surface area contributed by atoms with Crippen molar-refractivity contribution in [2.24, 2.45) is 0 Å². The summed E-state index contributed by atoms with van der Waals surface area (Å²) < 4.78 is 6.71. The average molecular weight is 349 g/mol. The van der Waals surface area contributed by atoms with Gasteiger partial charge in [0, 0.05) is 19.5 Å². The molecule has 23 heavy (non-hydrogen) atoms. The zero-order valence-corrected chi connectivity index (χ0v) is 14.4. The Bertz CT molecular complexity index is 812. The van der Waals surface area contributed by atoms with E-state index >= 15 is 0 Å². The van der Waals surface area contributed by atoms with Gasteiger partial charge in [-0.2, -0.15) is 0 Å². The van der Waals surface area contributed by atoms with Crippen molar-refractivity contribution < 1.29 is 9.21 Å². The molecule has 2 heterocycles. The van der Waals surface area contributed by atoms with Crippen molar-refractivity contribution in [3.8, 4) is 0 Å². The summed E-state index contributed by atoms with van der Waals surface area (Å²) in [5.41, 5.74) is 3.85. The molecule has 0 N–H and O–H groups in total. The number of hydrogen-bond acceptors (Lipinski definition) is 4. The van der Waals surface area contributed by atoms with E-state index in [-0.39, 0.29) is 11.8 Å². The fraction of sp³-hybridized carbons (Fsp3) is 0.294. The first kappa shape index (κ1) is 16.0. The summed E-state index contributed by atoms with van der Waals surface area (Å²) in [4.78, 5) is 18.2. The van der Waals surface area contributed by atoms with Gasteiger partial charge >= 0.3 is 0 Å². The normalized spacial score (nSPS) is 11.0. The lowest BCUT2D eigenvalue weighted by atomic mass is 10.2. The monoisotopic (exact) mass is 348 g/mol. The Morgan fingerprint density at radius 1 is 1.35 bits per heavy atom. The van der Waals surface area contributed by atoms with E-state index in [1.165, 1.54) is 0 Å². The molecule has 4 nitrogen and oxygen atoms in total. The summed E-state index contributed by atoms with van der Waals surface area (Å²) in [6.45, 7) is 3.01. The standard InChI is InChI=1S/C17H17ClN2O2S/c1-12-2-4-14(22-12)6-7-20(17(21)9-18)10-13-3-5-16-15(8-13)19-11-23-16/h2-5,8,11H,6-7,9-10H2,1H3. The molecule has 0 spiro atoms. The van der Waals surface area contributed by atoms with Gasteiger partial charge in [0.1, 0.15) is 17.4 Å². The van der Waals surface area contributed by atoms with Crippen LogP contribution in [0.2, 0.25) is 0 Å². The number of carbonyl (C=O) groups is 1. The minimum Gasteiger partial charge on any atom is -0.466 e. The Balaban J connectivity index is 1.71. The first-order valence-corrected chi connectivity index (χ1v) is 8.78. The van der Waals surface area contributed by atoms with Gasteiger partial charge in [-0.3, -0.25) is 4.79 Å². The summed E-state index contributed by atoms with van der Waals surface area (Å²) in [7, 11) is 0. The lowest BCUT2D eigenvalue weighted by Gasteiger charge is -2.21. The van der Waals surface area contributed by atoms with Gasteiger partial charge in [0.05, 0.1) is 15.7 Å². The minimum atomic E-state index is -0.0756. The van der Waals surface area contributed by atoms with Crippen LogP contribution in [-0.2, 0) is 17.8 Å². The summed E-state index contributed by atoms with van der Waals surface area (Å²) in [6.07, 6.45) is 0.676. The maximum Gasteiger partial charge on any atom is 0.237 e. The number of halogens is 1. The van der Waals surface area contributed by atoms with Crippen LogP contribution in [0.5, 0.6) is 0 Å². The lowest BCUT2D eigenvalue weighted by molar-refractivity contribution is -0.129. The first-order valence-electron chi connectivity index (χ1n) is 7.37. The van der Waals surface area contributed by atoms with Crippen LogP contribution in [0.3, 0.4) is 0 Å². The zero-order valence-electron chi connectivity index (χ0n) is 12.8. The Labute approximate surface area is 143 Å². The summed E-state index contributed by atoms with van der Waals surface area (Å²) in [5, 5.41) is 0. The number of alkyl halides is 1. The van der Waals surface area contributed by atoms with E-state index in [0.717, 1.165) is 27.3 Å². The molecule has 0 radical (unpaired) electrons. The van der Waals surface area contributed by atoms with Crippen LogP contribution in [0.25, 0.3) is 10.2 Å². The van der Waals surface area contributed by atoms with Gasteiger partial charge < -0.3 is 9.32 Å². The van der Waals surface area contributed by atoms with Gasteiger partial charge in [0.15, 0.2) is 0 Å². The van der Waals surface area contributed by atoms with E-state index in [1.807, 2.05) is 42.8 Å². The van der Waals surface area contributed by atoms with Gasteiger partial charge in [-0.25, -0.2) is 4.98 Å². The number of carbonyl (C=O) groups excluding carboxylic acids is 1. The molecule has 3 rings (SSSR count). The van der Waals surface area contributed by atoms with Crippen molar-refractivity contribution in [2.75, 3.05) is 12.4 Å². The molecule has 120 valence electrons. The molecule has 0 atom stereocenters. The fourth-order valence-electron chi connectivity index (χ4n) is 2.46. The van der Waals surface area contributed by atoms with E-state index in [2.05, 4.69) is 4.98 Å². The second-order valence-corrected chi connectivity index (χ2v) is 6.52. The number of benzene rings is 1. The number of nitrogens with zero attached hydrogens (tertiary/aromatic N) is 2. The minimum absolute atomic E-state index is 0.0177. The highest BCUT2D eigenvalue weighted by molar-refractivity contribution is 7.16. The number of thiazole rings is 1. The van der Waals surface area contributed by atoms with E-state index in [4.69, 9.17) is 16.0 Å². The van der Waals surface area contributed by atoms with E-state index in [0.29, 0.717) is 19.5 Å². The van der Waals surface area contributed by atoms with E-state index in [1.54, 1.807) is 16.2 Å². The molecule has 0 aliphatic heterocycles. The highest BCUT2D eigenvalue weighted by atomic mass is 35.5. The molecule has 1 aromatic carbocycles. The number of aryl methyl sites for hydroxylation is 1. The molecular weight excluding hydrogens is 332 g/mol. The number of rotatable bonds is 6. The molecule has 0 saturated carbocycles. The Morgan fingerprint density at radius 3 is 2.96 bits per heavy atom. The summed E-state index contributed by atoms with van der Waals surface area (Å²) in [5.74, 6) is 1.67. The van der Waals surface area contributed by atoms with Crippen LogP contribution in [-0.4, -0.2) is 28.2 Å². The quantitative estimate of drug-likeness (QED) is 0.632. The lowest BCUT2D eigenvalue weighted by Crippen LogP contribution is -2.33. The van der Waals surface area contributed by atoms with Crippen LogP contribution in [0.4, 0.5) is 0 Å². The average Bonchev–Trinajstić information content (AvgIpc) is 3.18. The zero-order chi connectivity index (χ0) is 16.2. The van der Waals surface area contributed by atoms with Crippen LogP contribution in [0.15, 0.2) is 40.3 Å². The molecule has 0 aliphatic carbocycles. The van der Waals surface area contributed by atoms with Gasteiger partial charge in [-0.1, -0.05) is 6.07 Å². The first-order chi connectivity index (χ1) is 11.2. The second kappa shape index (κ2) is 7.15. The van der Waals surface area contributed by atoms with Crippen molar-refractivity contribution in [3.05, 3.63) is 52.9 Å². The van der Waals surface area contributed by atoms with E-state index in [9.17, 15) is 4.79 Å². The third-order valence-corrected chi connectivity index (χ3v) is 4.70. The van der Waals surface area contributed by atoms with Crippen LogP contribution in [0.1, 0.15) is 17.1 Å². The predicted molar refractivity (Wildman–Crippen MR) is 92.9 cm³/mol. The van der Waals surface area contributed by atoms with Crippen molar-refractivity contribution >= 4 is 39.1 Å². The predicted octanol–water partition coefficient (Wildman–Crippen LogP) is 4.01. The number of furan rings is 1. The highest BCUT2D eigenvalue weighted by Crippen LogP contribution is 2.20. The maximum absolute atomic E-state index is 12.1. The fourth-order valence-corrected chi connectivity index (χ4v) is 3.29. The second-order valence-electron chi connectivity index (χ2n) is 5.37. The summed E-state index contributed by atoms with van der Waals surface area (Å²) >= 11 is 7.36. The van der Waals surface area contributed by atoms with Crippen LogP contribution < -0.4 is 0 Å². The number of hydrogen-bond donors (Lipinski definition) is 0. The maximum atomic E-state index is 12.1. The summed E-state index contributed by atoms with van der Waals surface area (Å²) in [6, 6.07) is 9.98. The molecule has 2 aromatic heterocycles. The van der Waals surface area contributed by atoms with Gasteiger partial charge in [0.25, 0.3) is 0 Å². The number of amides is 1. The van der Waals surface area contributed by atoms with Gasteiger partial charge in [-0.15, -0.1) is 22.9 Å².